The Hall–Kier alpha value is -2.00. The van der Waals surface area contributed by atoms with Crippen LogP contribution in [-0.4, -0.2) is 31.2 Å². The molecule has 0 aromatic heterocycles. The Morgan fingerprint density at radius 1 is 1.00 bits per heavy atom. The fourth-order valence-electron chi connectivity index (χ4n) is 4.09. The van der Waals surface area contributed by atoms with Gasteiger partial charge in [-0.15, -0.1) is 0 Å². The molecule has 4 rings (SSSR count). The molecule has 0 spiro atoms. The summed E-state index contributed by atoms with van der Waals surface area (Å²) < 4.78 is 30.2. The third kappa shape index (κ3) is 5.24. The van der Waals surface area contributed by atoms with Crippen LogP contribution in [0.3, 0.4) is 0 Å². The largest absolute Gasteiger partial charge is 0.308 e. The molecule has 0 radical (unpaired) electrons. The second-order valence-corrected chi connectivity index (χ2v) is 12.1. The van der Waals surface area contributed by atoms with Crippen LogP contribution in [-0.2, 0) is 27.8 Å². The lowest BCUT2D eigenvalue weighted by molar-refractivity contribution is -0.119. The molecule has 1 unspecified atom stereocenters. The van der Waals surface area contributed by atoms with Gasteiger partial charge in [0.15, 0.2) is 0 Å². The van der Waals surface area contributed by atoms with E-state index in [1.165, 1.54) is 4.31 Å². The molecule has 0 aliphatic carbocycles. The summed E-state index contributed by atoms with van der Waals surface area (Å²) in [7, 11) is -3.89. The van der Waals surface area contributed by atoms with Crippen LogP contribution in [0.15, 0.2) is 80.6 Å². The van der Waals surface area contributed by atoms with Crippen LogP contribution in [0.2, 0.25) is 0 Å². The minimum absolute atomic E-state index is 0.0431. The number of halogens is 2. The van der Waals surface area contributed by atoms with Gasteiger partial charge in [-0.1, -0.05) is 61.7 Å². The van der Waals surface area contributed by atoms with E-state index in [9.17, 15) is 13.2 Å². The van der Waals surface area contributed by atoms with Crippen LogP contribution in [0, 0.1) is 6.92 Å². The van der Waals surface area contributed by atoms with Crippen molar-refractivity contribution in [3.8, 4) is 0 Å². The maximum absolute atomic E-state index is 13.6. The van der Waals surface area contributed by atoms with Crippen molar-refractivity contribution in [1.29, 1.82) is 0 Å². The van der Waals surface area contributed by atoms with Crippen molar-refractivity contribution in [3.63, 3.8) is 0 Å². The first-order valence-corrected chi connectivity index (χ1v) is 13.6. The minimum atomic E-state index is -3.89. The van der Waals surface area contributed by atoms with Crippen LogP contribution in [0.1, 0.15) is 23.6 Å². The summed E-state index contributed by atoms with van der Waals surface area (Å²) >= 11 is 6.84. The molecule has 1 atom stereocenters. The molecule has 33 heavy (non-hydrogen) atoms. The molecule has 3 aromatic rings. The smallest absolute Gasteiger partial charge is 0.243 e. The van der Waals surface area contributed by atoms with Gasteiger partial charge in [0, 0.05) is 27.2 Å². The number of carbonyl (C=O) groups excluding carboxylic acids is 1. The number of carbonyl (C=O) groups is 1. The number of amides is 1. The molecule has 0 bridgehead atoms. The molecule has 0 fully saturated rings. The number of nitrogens with zero attached hydrogens (tertiary/aromatic N) is 2. The van der Waals surface area contributed by atoms with Crippen molar-refractivity contribution in [1.82, 2.24) is 4.31 Å². The number of anilines is 1. The summed E-state index contributed by atoms with van der Waals surface area (Å²) in [5.41, 5.74) is 3.83. The van der Waals surface area contributed by atoms with Gasteiger partial charge in [-0.3, -0.25) is 4.79 Å². The third-order valence-corrected chi connectivity index (χ3v) is 8.60. The lowest BCUT2D eigenvalue weighted by Gasteiger charge is -2.27. The first-order valence-electron chi connectivity index (χ1n) is 10.6. The molecule has 8 heteroatoms. The zero-order valence-electron chi connectivity index (χ0n) is 18.3. The molecule has 0 saturated carbocycles. The molecular weight excluding hydrogens is 568 g/mol. The Balaban J connectivity index is 1.67. The summed E-state index contributed by atoms with van der Waals surface area (Å²) in [6, 6.07) is 20.0. The van der Waals surface area contributed by atoms with Crippen LogP contribution in [0.5, 0.6) is 0 Å². The Kier molecular flexibility index (Phi) is 7.09. The normalized spacial score (nSPS) is 15.7. The number of sulfonamides is 1. The summed E-state index contributed by atoms with van der Waals surface area (Å²) in [6.07, 6.45) is 0.734. The van der Waals surface area contributed by atoms with E-state index >= 15 is 0 Å². The highest BCUT2D eigenvalue weighted by Gasteiger charge is 2.34. The van der Waals surface area contributed by atoms with E-state index < -0.39 is 10.0 Å². The molecule has 0 N–H and O–H groups in total. The molecule has 5 nitrogen and oxygen atoms in total. The van der Waals surface area contributed by atoms with Crippen molar-refractivity contribution in [2.24, 2.45) is 0 Å². The summed E-state index contributed by atoms with van der Waals surface area (Å²) in [6.45, 7) is 3.83. The summed E-state index contributed by atoms with van der Waals surface area (Å²) in [4.78, 5) is 15.4. The molecule has 0 saturated heterocycles. The summed E-state index contributed by atoms with van der Waals surface area (Å²) in [5, 5.41) is 0. The van der Waals surface area contributed by atoms with Gasteiger partial charge in [-0.05, 0) is 73.9 Å². The number of fused-ring (bicyclic) bond motifs is 1. The predicted octanol–water partition coefficient (Wildman–Crippen LogP) is 5.69. The number of benzene rings is 3. The van der Waals surface area contributed by atoms with Gasteiger partial charge >= 0.3 is 0 Å². The average molecular weight is 592 g/mol. The van der Waals surface area contributed by atoms with E-state index in [1.807, 2.05) is 56.3 Å². The Bertz CT molecular complexity index is 1280. The fourth-order valence-corrected chi connectivity index (χ4v) is 6.14. The number of hydrogen-bond donors (Lipinski definition) is 0. The molecule has 1 aliphatic rings. The topological polar surface area (TPSA) is 57.7 Å². The molecule has 1 amide bonds. The van der Waals surface area contributed by atoms with Gasteiger partial charge in [-0.2, -0.15) is 4.31 Å². The first kappa shape index (κ1) is 24.1. The average Bonchev–Trinajstić information content (AvgIpc) is 3.09. The van der Waals surface area contributed by atoms with Gasteiger partial charge in [0.2, 0.25) is 15.9 Å². The Morgan fingerprint density at radius 2 is 1.64 bits per heavy atom. The van der Waals surface area contributed by atoms with E-state index in [0.717, 1.165) is 37.7 Å². The maximum Gasteiger partial charge on any atom is 0.243 e. The van der Waals surface area contributed by atoms with Crippen molar-refractivity contribution in [2.75, 3.05) is 11.4 Å². The second-order valence-electron chi connectivity index (χ2n) is 8.30. The van der Waals surface area contributed by atoms with Crippen molar-refractivity contribution in [2.45, 2.75) is 37.8 Å². The quantitative estimate of drug-likeness (QED) is 0.370. The van der Waals surface area contributed by atoms with Crippen molar-refractivity contribution in [3.05, 3.63) is 92.4 Å². The maximum atomic E-state index is 13.6. The zero-order valence-corrected chi connectivity index (χ0v) is 22.3. The second kappa shape index (κ2) is 9.70. The molecule has 1 heterocycles. The zero-order chi connectivity index (χ0) is 23.8. The van der Waals surface area contributed by atoms with Gasteiger partial charge in [0.1, 0.15) is 0 Å². The third-order valence-electron chi connectivity index (χ3n) is 5.77. The van der Waals surface area contributed by atoms with E-state index in [-0.39, 0.29) is 29.9 Å². The summed E-state index contributed by atoms with van der Waals surface area (Å²) in [5.74, 6) is -0.239. The van der Waals surface area contributed by atoms with Gasteiger partial charge in [-0.25, -0.2) is 8.42 Å². The number of rotatable bonds is 6. The molecule has 3 aromatic carbocycles. The van der Waals surface area contributed by atoms with Crippen LogP contribution >= 0.6 is 31.9 Å². The Labute approximate surface area is 211 Å². The van der Waals surface area contributed by atoms with Crippen LogP contribution < -0.4 is 4.90 Å². The lowest BCUT2D eigenvalue weighted by Crippen LogP contribution is -2.44. The number of aryl methyl sites for hydroxylation is 1. The number of hydrogen-bond acceptors (Lipinski definition) is 3. The highest BCUT2D eigenvalue weighted by atomic mass is 79.9. The predicted molar refractivity (Wildman–Crippen MR) is 138 cm³/mol. The van der Waals surface area contributed by atoms with E-state index in [1.54, 1.807) is 29.2 Å². The minimum Gasteiger partial charge on any atom is -0.308 e. The van der Waals surface area contributed by atoms with Crippen molar-refractivity contribution < 1.29 is 13.2 Å². The monoisotopic (exact) mass is 590 g/mol. The van der Waals surface area contributed by atoms with E-state index in [2.05, 4.69) is 31.9 Å². The highest BCUT2D eigenvalue weighted by molar-refractivity contribution is 9.10. The SMILES string of the molecule is Cc1ccc(CN(CC(=O)N2c3ccc(Br)cc3CC2C)S(=O)(=O)c2ccc(Br)cc2)cc1. The van der Waals surface area contributed by atoms with E-state index in [4.69, 9.17) is 0 Å². The highest BCUT2D eigenvalue weighted by Crippen LogP contribution is 2.34. The molecular formula is C25H24Br2N2O3S. The Morgan fingerprint density at radius 3 is 2.30 bits per heavy atom. The first-order chi connectivity index (χ1) is 15.6. The molecule has 1 aliphatic heterocycles. The van der Waals surface area contributed by atoms with Gasteiger partial charge in [0.25, 0.3) is 0 Å². The van der Waals surface area contributed by atoms with Gasteiger partial charge < -0.3 is 4.90 Å². The lowest BCUT2D eigenvalue weighted by atomic mass is 10.1. The standard InChI is InChI=1S/C25H24Br2N2O3S/c1-17-3-5-19(6-4-17)15-28(33(31,32)23-10-7-21(26)8-11-23)16-25(30)29-18(2)13-20-14-22(27)9-12-24(20)29/h3-12,14,18H,13,15-16H2,1-2H3. The molecule has 172 valence electrons. The van der Waals surface area contributed by atoms with Crippen molar-refractivity contribution >= 4 is 53.5 Å². The van der Waals surface area contributed by atoms with E-state index in [0.29, 0.717) is 0 Å². The van der Waals surface area contributed by atoms with Gasteiger partial charge in [0.05, 0.1) is 11.4 Å². The fraction of sp³-hybridized carbons (Fsp3) is 0.240. The van der Waals surface area contributed by atoms with Crippen LogP contribution in [0.25, 0.3) is 0 Å². The van der Waals surface area contributed by atoms with Crippen LogP contribution in [0.4, 0.5) is 5.69 Å².